The fourth-order valence-electron chi connectivity index (χ4n) is 2.76. The molecule has 3 unspecified atom stereocenters. The van der Waals surface area contributed by atoms with Crippen LogP contribution in [0.1, 0.15) is 33.1 Å². The largest absolute Gasteiger partial charge is 0.399 e. The zero-order chi connectivity index (χ0) is 14.9. The second-order valence-electron chi connectivity index (χ2n) is 5.72. The summed E-state index contributed by atoms with van der Waals surface area (Å²) in [6.07, 6.45) is 2.94. The number of anilines is 1. The Morgan fingerprint density at radius 2 is 1.95 bits per heavy atom. The summed E-state index contributed by atoms with van der Waals surface area (Å²) in [6.45, 7) is 4.18. The summed E-state index contributed by atoms with van der Waals surface area (Å²) in [6, 6.07) is 3.27. The van der Waals surface area contributed by atoms with Crippen molar-refractivity contribution < 1.29 is 12.8 Å². The van der Waals surface area contributed by atoms with Crippen molar-refractivity contribution in [3.8, 4) is 0 Å². The predicted molar refractivity (Wildman–Crippen MR) is 77.1 cm³/mol. The van der Waals surface area contributed by atoms with Gasteiger partial charge in [-0.25, -0.2) is 17.5 Å². The van der Waals surface area contributed by atoms with Crippen LogP contribution in [-0.2, 0) is 10.0 Å². The van der Waals surface area contributed by atoms with E-state index in [-0.39, 0.29) is 22.5 Å². The van der Waals surface area contributed by atoms with Crippen LogP contribution in [0.25, 0.3) is 0 Å². The Morgan fingerprint density at radius 1 is 1.25 bits per heavy atom. The number of rotatable bonds is 3. The summed E-state index contributed by atoms with van der Waals surface area (Å²) < 4.78 is 40.6. The van der Waals surface area contributed by atoms with E-state index in [1.165, 1.54) is 6.07 Å². The van der Waals surface area contributed by atoms with Gasteiger partial charge >= 0.3 is 0 Å². The van der Waals surface area contributed by atoms with E-state index in [0.717, 1.165) is 31.4 Å². The molecule has 2 rings (SSSR count). The molecule has 1 aromatic carbocycles. The summed E-state index contributed by atoms with van der Waals surface area (Å²) in [5.74, 6) is 0.105. The summed E-state index contributed by atoms with van der Waals surface area (Å²) >= 11 is 0. The SMILES string of the molecule is CC1CCCC(NS(=O)(=O)c2cc(N)cc(F)c2)C1C. The van der Waals surface area contributed by atoms with Crippen molar-refractivity contribution in [2.75, 3.05) is 5.73 Å². The topological polar surface area (TPSA) is 72.2 Å². The van der Waals surface area contributed by atoms with Gasteiger partial charge in [-0.1, -0.05) is 26.7 Å². The number of sulfonamides is 1. The second-order valence-corrected chi connectivity index (χ2v) is 7.43. The standard InChI is InChI=1S/C14H21FN2O2S/c1-9-4-3-5-14(10(9)2)17-20(18,19)13-7-11(15)6-12(16)8-13/h6-10,14,17H,3-5,16H2,1-2H3. The van der Waals surface area contributed by atoms with Crippen LogP contribution in [0.5, 0.6) is 0 Å². The Labute approximate surface area is 119 Å². The molecule has 1 aliphatic carbocycles. The van der Waals surface area contributed by atoms with Crippen molar-refractivity contribution >= 4 is 15.7 Å². The highest BCUT2D eigenvalue weighted by molar-refractivity contribution is 7.89. The zero-order valence-electron chi connectivity index (χ0n) is 11.8. The third-order valence-electron chi connectivity index (χ3n) is 4.22. The van der Waals surface area contributed by atoms with Crippen molar-refractivity contribution in [1.29, 1.82) is 0 Å². The summed E-state index contributed by atoms with van der Waals surface area (Å²) in [5.41, 5.74) is 5.61. The molecule has 0 saturated heterocycles. The van der Waals surface area contributed by atoms with Crippen LogP contribution < -0.4 is 10.5 Å². The Kier molecular flexibility index (Phi) is 4.34. The maximum Gasteiger partial charge on any atom is 0.241 e. The van der Waals surface area contributed by atoms with Gasteiger partial charge in [0.25, 0.3) is 0 Å². The van der Waals surface area contributed by atoms with Crippen LogP contribution in [0.3, 0.4) is 0 Å². The van der Waals surface area contributed by atoms with Gasteiger partial charge in [0, 0.05) is 11.7 Å². The van der Waals surface area contributed by atoms with E-state index in [2.05, 4.69) is 18.6 Å². The summed E-state index contributed by atoms with van der Waals surface area (Å²) in [4.78, 5) is -0.111. The number of halogens is 1. The number of hydrogen-bond donors (Lipinski definition) is 2. The first-order valence-electron chi connectivity index (χ1n) is 6.88. The van der Waals surface area contributed by atoms with Crippen molar-refractivity contribution in [3.05, 3.63) is 24.0 Å². The van der Waals surface area contributed by atoms with Gasteiger partial charge in [-0.2, -0.15) is 0 Å². The Balaban J connectivity index is 2.22. The number of nitrogens with two attached hydrogens (primary N) is 1. The van der Waals surface area contributed by atoms with Gasteiger partial charge in [0.05, 0.1) is 4.90 Å². The van der Waals surface area contributed by atoms with Gasteiger partial charge in [0.1, 0.15) is 5.82 Å². The van der Waals surface area contributed by atoms with Crippen LogP contribution in [0.4, 0.5) is 10.1 Å². The Bertz CT molecular complexity index is 569. The van der Waals surface area contributed by atoms with Gasteiger partial charge in [-0.15, -0.1) is 0 Å². The molecule has 0 spiro atoms. The van der Waals surface area contributed by atoms with Crippen LogP contribution in [0.2, 0.25) is 0 Å². The third kappa shape index (κ3) is 3.30. The van der Waals surface area contributed by atoms with Crippen molar-refractivity contribution in [2.24, 2.45) is 11.8 Å². The molecule has 112 valence electrons. The lowest BCUT2D eigenvalue weighted by Crippen LogP contribution is -2.43. The molecular weight excluding hydrogens is 279 g/mol. The average Bonchev–Trinajstić information content (AvgIpc) is 2.33. The molecule has 1 aliphatic rings. The molecule has 0 aliphatic heterocycles. The number of hydrogen-bond acceptors (Lipinski definition) is 3. The molecule has 0 amide bonds. The Hall–Kier alpha value is -1.14. The number of nitrogen functional groups attached to an aromatic ring is 1. The summed E-state index contributed by atoms with van der Waals surface area (Å²) in [5, 5.41) is 0. The molecule has 4 nitrogen and oxygen atoms in total. The van der Waals surface area contributed by atoms with Crippen LogP contribution in [0.15, 0.2) is 23.1 Å². The molecule has 1 saturated carbocycles. The molecular formula is C14H21FN2O2S. The first-order chi connectivity index (χ1) is 9.29. The molecule has 20 heavy (non-hydrogen) atoms. The fraction of sp³-hybridized carbons (Fsp3) is 0.571. The fourth-order valence-corrected chi connectivity index (χ4v) is 4.18. The van der Waals surface area contributed by atoms with Crippen molar-refractivity contribution in [1.82, 2.24) is 4.72 Å². The van der Waals surface area contributed by atoms with E-state index >= 15 is 0 Å². The van der Waals surface area contributed by atoms with Crippen molar-refractivity contribution in [2.45, 2.75) is 44.0 Å². The smallest absolute Gasteiger partial charge is 0.241 e. The quantitative estimate of drug-likeness (QED) is 0.843. The van der Waals surface area contributed by atoms with Crippen LogP contribution >= 0.6 is 0 Å². The highest BCUT2D eigenvalue weighted by Crippen LogP contribution is 2.30. The molecule has 0 aromatic heterocycles. The molecule has 3 atom stereocenters. The van der Waals surface area contributed by atoms with E-state index in [1.54, 1.807) is 0 Å². The maximum atomic E-state index is 13.3. The third-order valence-corrected chi connectivity index (χ3v) is 5.69. The molecule has 1 fully saturated rings. The predicted octanol–water partition coefficient (Wildman–Crippen LogP) is 2.51. The average molecular weight is 300 g/mol. The highest BCUT2D eigenvalue weighted by Gasteiger charge is 2.30. The molecule has 6 heteroatoms. The number of benzene rings is 1. The zero-order valence-corrected chi connectivity index (χ0v) is 12.6. The lowest BCUT2D eigenvalue weighted by atomic mass is 9.78. The van der Waals surface area contributed by atoms with Crippen molar-refractivity contribution in [3.63, 3.8) is 0 Å². The molecule has 0 bridgehead atoms. The normalized spacial score (nSPS) is 27.4. The maximum absolute atomic E-state index is 13.3. The summed E-state index contributed by atoms with van der Waals surface area (Å²) in [7, 11) is -3.73. The first-order valence-corrected chi connectivity index (χ1v) is 8.36. The lowest BCUT2D eigenvalue weighted by molar-refractivity contribution is 0.227. The van der Waals surface area contributed by atoms with Gasteiger partial charge in [0.15, 0.2) is 0 Å². The first kappa shape index (κ1) is 15.3. The van der Waals surface area contributed by atoms with Crippen LogP contribution in [0, 0.1) is 17.7 Å². The minimum Gasteiger partial charge on any atom is -0.399 e. The van der Waals surface area contributed by atoms with Gasteiger partial charge < -0.3 is 5.73 Å². The van der Waals surface area contributed by atoms with E-state index < -0.39 is 15.8 Å². The van der Waals surface area contributed by atoms with E-state index in [9.17, 15) is 12.8 Å². The Morgan fingerprint density at radius 3 is 2.60 bits per heavy atom. The second kappa shape index (κ2) is 5.69. The molecule has 0 heterocycles. The van der Waals surface area contributed by atoms with E-state index in [1.807, 2.05) is 0 Å². The van der Waals surface area contributed by atoms with E-state index in [0.29, 0.717) is 5.92 Å². The lowest BCUT2D eigenvalue weighted by Gasteiger charge is -2.34. The minimum atomic E-state index is -3.73. The van der Waals surface area contributed by atoms with Gasteiger partial charge in [0.2, 0.25) is 10.0 Å². The molecule has 1 aromatic rings. The van der Waals surface area contributed by atoms with Gasteiger partial charge in [-0.05, 0) is 36.5 Å². The van der Waals surface area contributed by atoms with Gasteiger partial charge in [-0.3, -0.25) is 0 Å². The van der Waals surface area contributed by atoms with E-state index in [4.69, 9.17) is 5.73 Å². The molecule has 0 radical (unpaired) electrons. The van der Waals surface area contributed by atoms with Crippen LogP contribution in [-0.4, -0.2) is 14.5 Å². The number of nitrogens with one attached hydrogen (secondary N) is 1. The minimum absolute atomic E-state index is 0.103. The highest BCUT2D eigenvalue weighted by atomic mass is 32.2. The molecule has 3 N–H and O–H groups in total. The monoisotopic (exact) mass is 300 g/mol.